The van der Waals surface area contributed by atoms with Crippen LogP contribution >= 0.6 is 23.2 Å². The van der Waals surface area contributed by atoms with Crippen molar-refractivity contribution >= 4 is 35.1 Å². The predicted molar refractivity (Wildman–Crippen MR) is 70.5 cm³/mol. The quantitative estimate of drug-likeness (QED) is 0.834. The van der Waals surface area contributed by atoms with E-state index in [1.807, 2.05) is 0 Å². The van der Waals surface area contributed by atoms with Crippen LogP contribution in [0.15, 0.2) is 29.3 Å². The number of carbonyl (C=O) groups excluding carboxylic acids is 1. The summed E-state index contributed by atoms with van der Waals surface area (Å²) in [5, 5.41) is 5.11. The Balaban J connectivity index is 2.27. The van der Waals surface area contributed by atoms with Gasteiger partial charge >= 0.3 is 6.03 Å². The van der Waals surface area contributed by atoms with Gasteiger partial charge in [-0.15, -0.1) is 23.2 Å². The van der Waals surface area contributed by atoms with Crippen LogP contribution < -0.4 is 15.4 Å². The third-order valence-corrected chi connectivity index (χ3v) is 2.86. The molecule has 0 unspecified atom stereocenters. The van der Waals surface area contributed by atoms with E-state index in [-0.39, 0.29) is 6.03 Å². The highest BCUT2D eigenvalue weighted by molar-refractivity contribution is 6.45. The molecule has 0 spiro atoms. The summed E-state index contributed by atoms with van der Waals surface area (Å²) in [4.78, 5) is 14.9. The number of methoxy groups -OCH3 is 1. The van der Waals surface area contributed by atoms with Gasteiger partial charge in [0.05, 0.1) is 7.11 Å². The number of nitrogens with one attached hydrogen (secondary N) is 2. The summed E-state index contributed by atoms with van der Waals surface area (Å²) in [5.74, 6) is 1.15. The maximum atomic E-state index is 11.4. The molecule has 1 aliphatic heterocycles. The smallest absolute Gasteiger partial charge is 0.322 e. The Kier molecular flexibility index (Phi) is 3.93. The Morgan fingerprint density at radius 2 is 2.00 bits per heavy atom. The molecule has 0 saturated heterocycles. The maximum Gasteiger partial charge on any atom is 0.322 e. The minimum Gasteiger partial charge on any atom is -0.497 e. The lowest BCUT2D eigenvalue weighted by molar-refractivity contribution is 0.240. The molecule has 0 aromatic heterocycles. The molecule has 2 amide bonds. The van der Waals surface area contributed by atoms with Crippen molar-refractivity contribution < 1.29 is 9.53 Å². The van der Waals surface area contributed by atoms with Gasteiger partial charge in [-0.25, -0.2) is 9.79 Å². The summed E-state index contributed by atoms with van der Waals surface area (Å²) in [7, 11) is 1.58. The first kappa shape index (κ1) is 13.0. The number of rotatable bonds is 3. The van der Waals surface area contributed by atoms with Gasteiger partial charge in [0.2, 0.25) is 0 Å². The fraction of sp³-hybridized carbons (Fsp3) is 0.273. The largest absolute Gasteiger partial charge is 0.497 e. The third kappa shape index (κ3) is 2.86. The van der Waals surface area contributed by atoms with E-state index in [1.165, 1.54) is 0 Å². The zero-order valence-corrected chi connectivity index (χ0v) is 11.0. The lowest BCUT2D eigenvalue weighted by atomic mass is 10.2. The number of nitrogens with zero attached hydrogens (tertiary/aromatic N) is 1. The van der Waals surface area contributed by atoms with Crippen LogP contribution in [0.25, 0.3) is 0 Å². The predicted octanol–water partition coefficient (Wildman–Crippen LogP) is 1.88. The van der Waals surface area contributed by atoms with Crippen LogP contribution in [-0.2, 0) is 0 Å². The SMILES string of the molecule is COc1ccc(C2=N[C@@H](C(Cl)Cl)NC(=O)N2)cc1. The zero-order chi connectivity index (χ0) is 13.1. The molecule has 1 aliphatic rings. The second-order valence-corrected chi connectivity index (χ2v) is 4.75. The Morgan fingerprint density at radius 1 is 1.33 bits per heavy atom. The summed E-state index contributed by atoms with van der Waals surface area (Å²) in [6.45, 7) is 0. The average Bonchev–Trinajstić information content (AvgIpc) is 2.38. The number of hydrogen-bond donors (Lipinski definition) is 2. The summed E-state index contributed by atoms with van der Waals surface area (Å²) in [6.07, 6.45) is -0.654. The van der Waals surface area contributed by atoms with Crippen molar-refractivity contribution in [2.75, 3.05) is 7.11 Å². The van der Waals surface area contributed by atoms with Gasteiger partial charge in [-0.3, -0.25) is 5.32 Å². The number of carbonyl (C=O) groups is 1. The molecule has 2 rings (SSSR count). The molecule has 18 heavy (non-hydrogen) atoms. The fourth-order valence-corrected chi connectivity index (χ4v) is 1.74. The van der Waals surface area contributed by atoms with Crippen LogP contribution in [0.2, 0.25) is 0 Å². The number of amidine groups is 1. The van der Waals surface area contributed by atoms with Gasteiger partial charge in [0, 0.05) is 5.56 Å². The van der Waals surface area contributed by atoms with E-state index in [0.717, 1.165) is 11.3 Å². The normalized spacial score (nSPS) is 19.0. The molecule has 1 heterocycles. The molecule has 0 aliphatic carbocycles. The molecule has 1 atom stereocenters. The summed E-state index contributed by atoms with van der Waals surface area (Å²) < 4.78 is 5.06. The van der Waals surface area contributed by atoms with Crippen molar-refractivity contribution in [1.29, 1.82) is 0 Å². The fourth-order valence-electron chi connectivity index (χ4n) is 1.50. The molecule has 0 fully saturated rings. The molecule has 5 nitrogen and oxygen atoms in total. The molecule has 2 N–H and O–H groups in total. The number of alkyl halides is 2. The minimum atomic E-state index is -0.802. The van der Waals surface area contributed by atoms with Gasteiger partial charge in [-0.2, -0.15) is 0 Å². The van der Waals surface area contributed by atoms with Crippen molar-refractivity contribution in [1.82, 2.24) is 10.6 Å². The van der Waals surface area contributed by atoms with Gasteiger partial charge in [0.1, 0.15) is 16.4 Å². The summed E-state index contributed by atoms with van der Waals surface area (Å²) >= 11 is 11.4. The molecule has 7 heteroatoms. The van der Waals surface area contributed by atoms with Crippen molar-refractivity contribution in [2.45, 2.75) is 11.0 Å². The van der Waals surface area contributed by atoms with Crippen molar-refractivity contribution in [3.05, 3.63) is 29.8 Å². The number of aliphatic imine (C=N–C) groups is 1. The Morgan fingerprint density at radius 3 is 2.56 bits per heavy atom. The monoisotopic (exact) mass is 287 g/mol. The van der Waals surface area contributed by atoms with Gasteiger partial charge in [-0.05, 0) is 24.3 Å². The lowest BCUT2D eigenvalue weighted by Gasteiger charge is -2.23. The third-order valence-electron chi connectivity index (χ3n) is 2.38. The Hall–Kier alpha value is -1.46. The standard InChI is InChI=1S/C11H11Cl2N3O2/c1-18-7-4-2-6(3-5-7)9-14-10(8(12)13)16-11(17)15-9/h2-5,8,10H,1H3,(H2,14,15,16,17)/t10-/m1/s1. The lowest BCUT2D eigenvalue weighted by Crippen LogP contribution is -2.52. The maximum absolute atomic E-state index is 11.4. The first-order chi connectivity index (χ1) is 8.60. The van der Waals surface area contributed by atoms with Crippen LogP contribution in [0.4, 0.5) is 4.79 Å². The van der Waals surface area contributed by atoms with E-state index >= 15 is 0 Å². The van der Waals surface area contributed by atoms with Crippen LogP contribution in [0.1, 0.15) is 5.56 Å². The van der Waals surface area contributed by atoms with Crippen molar-refractivity contribution in [3.63, 3.8) is 0 Å². The van der Waals surface area contributed by atoms with Gasteiger partial charge < -0.3 is 10.1 Å². The second kappa shape index (κ2) is 5.46. The molecule has 1 aromatic rings. The number of benzene rings is 1. The Labute approximate surface area is 114 Å². The topological polar surface area (TPSA) is 62.7 Å². The number of halogens is 2. The molecule has 0 saturated carbocycles. The number of amides is 2. The minimum absolute atomic E-state index is 0.382. The first-order valence-electron chi connectivity index (χ1n) is 5.18. The molecular weight excluding hydrogens is 277 g/mol. The summed E-state index contributed by atoms with van der Waals surface area (Å²) in [6, 6.07) is 6.75. The number of urea groups is 1. The summed E-state index contributed by atoms with van der Waals surface area (Å²) in [5.41, 5.74) is 0.754. The highest BCUT2D eigenvalue weighted by Crippen LogP contribution is 2.15. The zero-order valence-electron chi connectivity index (χ0n) is 9.48. The molecule has 96 valence electrons. The number of ether oxygens (including phenoxy) is 1. The van der Waals surface area contributed by atoms with Gasteiger partial charge in [0.25, 0.3) is 0 Å². The first-order valence-corrected chi connectivity index (χ1v) is 6.05. The van der Waals surface area contributed by atoms with E-state index < -0.39 is 11.0 Å². The van der Waals surface area contributed by atoms with E-state index in [9.17, 15) is 4.79 Å². The molecular formula is C11H11Cl2N3O2. The van der Waals surface area contributed by atoms with Gasteiger partial charge in [0.15, 0.2) is 6.17 Å². The van der Waals surface area contributed by atoms with E-state index in [2.05, 4.69) is 15.6 Å². The molecule has 0 radical (unpaired) electrons. The molecule has 1 aromatic carbocycles. The molecule has 0 bridgehead atoms. The Bertz CT molecular complexity index is 474. The highest BCUT2D eigenvalue weighted by atomic mass is 35.5. The van der Waals surface area contributed by atoms with Crippen molar-refractivity contribution in [2.24, 2.45) is 4.99 Å². The van der Waals surface area contributed by atoms with E-state index in [0.29, 0.717) is 5.84 Å². The van der Waals surface area contributed by atoms with Crippen LogP contribution in [0.3, 0.4) is 0 Å². The van der Waals surface area contributed by atoms with Gasteiger partial charge in [-0.1, -0.05) is 0 Å². The van der Waals surface area contributed by atoms with Crippen LogP contribution in [0, 0.1) is 0 Å². The second-order valence-electron chi connectivity index (χ2n) is 3.58. The number of hydrogen-bond acceptors (Lipinski definition) is 3. The van der Waals surface area contributed by atoms with Crippen molar-refractivity contribution in [3.8, 4) is 5.75 Å². The van der Waals surface area contributed by atoms with Crippen LogP contribution in [0.5, 0.6) is 5.75 Å². The van der Waals surface area contributed by atoms with E-state index in [1.54, 1.807) is 31.4 Å². The van der Waals surface area contributed by atoms with E-state index in [4.69, 9.17) is 27.9 Å². The highest BCUT2D eigenvalue weighted by Gasteiger charge is 2.25. The average molecular weight is 288 g/mol. The van der Waals surface area contributed by atoms with Crippen LogP contribution in [-0.4, -0.2) is 30.0 Å².